The number of nitrogens with zero attached hydrogens (tertiary/aromatic N) is 5. The van der Waals surface area contributed by atoms with Crippen LogP contribution in [0, 0.1) is 12.8 Å². The lowest BCUT2D eigenvalue weighted by molar-refractivity contribution is 0.0599. The number of nitrogens with one attached hydrogen (secondary N) is 1. The molecular weight excluding hydrogens is 340 g/mol. The quantitative estimate of drug-likeness (QED) is 0.871. The lowest BCUT2D eigenvalue weighted by atomic mass is 9.89. The van der Waals surface area contributed by atoms with Crippen LogP contribution in [0.15, 0.2) is 0 Å². The Morgan fingerprint density at radius 1 is 1.04 bits per heavy atom. The van der Waals surface area contributed by atoms with Gasteiger partial charge in [0, 0.05) is 32.7 Å². The van der Waals surface area contributed by atoms with E-state index in [1.54, 1.807) is 0 Å². The van der Waals surface area contributed by atoms with Gasteiger partial charge in [-0.15, -0.1) is 5.10 Å². The highest BCUT2D eigenvalue weighted by molar-refractivity contribution is 5.93. The molecule has 1 amide bonds. The van der Waals surface area contributed by atoms with Crippen molar-refractivity contribution >= 4 is 5.91 Å². The Morgan fingerprint density at radius 2 is 1.74 bits per heavy atom. The first kappa shape index (κ1) is 18.9. The third-order valence-electron chi connectivity index (χ3n) is 6.69. The van der Waals surface area contributed by atoms with Crippen molar-refractivity contribution in [3.8, 4) is 0 Å². The molecule has 0 aromatic carbocycles. The van der Waals surface area contributed by atoms with Crippen LogP contribution in [0.5, 0.6) is 0 Å². The molecule has 3 fully saturated rings. The minimum Gasteiger partial charge on any atom is -0.335 e. The van der Waals surface area contributed by atoms with Gasteiger partial charge < -0.3 is 10.2 Å². The molecule has 1 aromatic heterocycles. The van der Waals surface area contributed by atoms with Gasteiger partial charge in [-0.05, 0) is 51.6 Å². The summed E-state index contributed by atoms with van der Waals surface area (Å²) in [5.41, 5.74) is 1.48. The number of piperazine rings is 1. The summed E-state index contributed by atoms with van der Waals surface area (Å²) in [7, 11) is 0. The van der Waals surface area contributed by atoms with Crippen LogP contribution in [-0.4, -0.2) is 76.5 Å². The molecule has 0 atom stereocenters. The van der Waals surface area contributed by atoms with Crippen molar-refractivity contribution in [2.45, 2.75) is 57.9 Å². The van der Waals surface area contributed by atoms with E-state index in [1.165, 1.54) is 38.6 Å². The Labute approximate surface area is 162 Å². The van der Waals surface area contributed by atoms with E-state index in [0.717, 1.165) is 63.7 Å². The van der Waals surface area contributed by atoms with E-state index in [2.05, 4.69) is 20.5 Å². The van der Waals surface area contributed by atoms with Crippen LogP contribution in [0.25, 0.3) is 0 Å². The fourth-order valence-corrected chi connectivity index (χ4v) is 4.95. The normalized spacial score (nSPS) is 23.7. The molecule has 27 heavy (non-hydrogen) atoms. The first-order valence-corrected chi connectivity index (χ1v) is 10.9. The van der Waals surface area contributed by atoms with Gasteiger partial charge in [0.05, 0.1) is 11.7 Å². The van der Waals surface area contributed by atoms with E-state index in [1.807, 2.05) is 16.5 Å². The molecule has 3 aliphatic rings. The maximum atomic E-state index is 13.0. The summed E-state index contributed by atoms with van der Waals surface area (Å²) in [5.74, 6) is 0.929. The molecule has 7 heteroatoms. The van der Waals surface area contributed by atoms with Crippen molar-refractivity contribution < 1.29 is 4.79 Å². The Balaban J connectivity index is 1.32. The molecule has 2 saturated heterocycles. The van der Waals surface area contributed by atoms with Gasteiger partial charge in [-0.25, -0.2) is 4.68 Å². The third kappa shape index (κ3) is 4.35. The zero-order valence-corrected chi connectivity index (χ0v) is 16.7. The van der Waals surface area contributed by atoms with Crippen molar-refractivity contribution in [3.63, 3.8) is 0 Å². The van der Waals surface area contributed by atoms with E-state index in [4.69, 9.17) is 0 Å². The zero-order chi connectivity index (χ0) is 18.6. The second-order valence-corrected chi connectivity index (χ2v) is 8.55. The van der Waals surface area contributed by atoms with Crippen molar-refractivity contribution in [2.75, 3.05) is 45.8 Å². The van der Waals surface area contributed by atoms with Crippen LogP contribution < -0.4 is 5.32 Å². The highest BCUT2D eigenvalue weighted by Crippen LogP contribution is 2.25. The molecule has 1 aliphatic carbocycles. The molecule has 3 heterocycles. The number of carbonyl (C=O) groups is 1. The molecule has 0 bridgehead atoms. The minimum absolute atomic E-state index is 0.0602. The fourth-order valence-electron chi connectivity index (χ4n) is 4.95. The number of amides is 1. The molecule has 0 radical (unpaired) electrons. The second kappa shape index (κ2) is 8.69. The van der Waals surface area contributed by atoms with Crippen molar-refractivity contribution in [2.24, 2.45) is 5.92 Å². The van der Waals surface area contributed by atoms with Crippen LogP contribution >= 0.6 is 0 Å². The zero-order valence-electron chi connectivity index (χ0n) is 16.7. The lowest BCUT2D eigenvalue weighted by Gasteiger charge is -2.37. The largest absolute Gasteiger partial charge is 0.335 e. The van der Waals surface area contributed by atoms with Gasteiger partial charge in [0.2, 0.25) is 0 Å². The summed E-state index contributed by atoms with van der Waals surface area (Å²) < 4.78 is 1.98. The molecular formula is C20H34N6O. The van der Waals surface area contributed by atoms with E-state index in [-0.39, 0.29) is 5.91 Å². The summed E-state index contributed by atoms with van der Waals surface area (Å²) in [6.45, 7) is 8.83. The Kier molecular flexibility index (Phi) is 6.08. The Morgan fingerprint density at radius 3 is 2.44 bits per heavy atom. The fraction of sp³-hybridized carbons (Fsp3) is 0.850. The van der Waals surface area contributed by atoms with E-state index in [9.17, 15) is 4.79 Å². The average Bonchev–Trinajstić information content (AvgIpc) is 3.11. The van der Waals surface area contributed by atoms with Crippen molar-refractivity contribution in [3.05, 3.63) is 11.4 Å². The first-order chi connectivity index (χ1) is 13.2. The molecule has 1 N–H and O–H groups in total. The van der Waals surface area contributed by atoms with Gasteiger partial charge in [-0.1, -0.05) is 24.5 Å². The molecule has 2 aliphatic heterocycles. The van der Waals surface area contributed by atoms with E-state index >= 15 is 0 Å². The van der Waals surface area contributed by atoms with Gasteiger partial charge in [-0.3, -0.25) is 9.69 Å². The third-order valence-corrected chi connectivity index (χ3v) is 6.69. The van der Waals surface area contributed by atoms with Crippen LogP contribution in [0.4, 0.5) is 0 Å². The lowest BCUT2D eigenvalue weighted by Crippen LogP contribution is -2.50. The van der Waals surface area contributed by atoms with Gasteiger partial charge in [0.1, 0.15) is 0 Å². The number of aromatic nitrogens is 3. The predicted molar refractivity (Wildman–Crippen MR) is 105 cm³/mol. The monoisotopic (exact) mass is 374 g/mol. The van der Waals surface area contributed by atoms with Crippen LogP contribution in [-0.2, 0) is 0 Å². The molecule has 150 valence electrons. The maximum Gasteiger partial charge on any atom is 0.276 e. The highest BCUT2D eigenvalue weighted by atomic mass is 16.2. The smallest absolute Gasteiger partial charge is 0.276 e. The van der Waals surface area contributed by atoms with Gasteiger partial charge in [-0.2, -0.15) is 0 Å². The minimum atomic E-state index is 0.0602. The summed E-state index contributed by atoms with van der Waals surface area (Å²) in [5, 5.41) is 12.0. The number of hydrogen-bond acceptors (Lipinski definition) is 5. The Hall–Kier alpha value is -1.47. The molecule has 0 unspecified atom stereocenters. The van der Waals surface area contributed by atoms with Gasteiger partial charge >= 0.3 is 0 Å². The van der Waals surface area contributed by atoms with Crippen LogP contribution in [0.1, 0.15) is 67.2 Å². The maximum absolute atomic E-state index is 13.0. The predicted octanol–water partition coefficient (Wildman–Crippen LogP) is 1.85. The standard InChI is InChI=1S/C20H34N6O/c1-16-19(22-23-26(16)18-7-9-21-10-8-18)20(27)25-13-11-24(12-14-25)15-17-5-3-2-4-6-17/h17-18,21H,2-15H2,1H3. The van der Waals surface area contributed by atoms with Gasteiger partial charge in [0.25, 0.3) is 5.91 Å². The second-order valence-electron chi connectivity index (χ2n) is 8.55. The molecule has 4 rings (SSSR count). The molecule has 1 saturated carbocycles. The number of carbonyl (C=O) groups excluding carboxylic acids is 1. The number of rotatable bonds is 4. The SMILES string of the molecule is Cc1c(C(=O)N2CCN(CC3CCCCC3)CC2)nnn1C1CCNCC1. The number of hydrogen-bond donors (Lipinski definition) is 1. The topological polar surface area (TPSA) is 66.3 Å². The molecule has 1 aromatic rings. The Bertz CT molecular complexity index is 624. The average molecular weight is 375 g/mol. The van der Waals surface area contributed by atoms with Gasteiger partial charge in [0.15, 0.2) is 5.69 Å². The van der Waals surface area contributed by atoms with E-state index < -0.39 is 0 Å². The van der Waals surface area contributed by atoms with Crippen molar-refractivity contribution in [1.82, 2.24) is 30.1 Å². The number of piperidine rings is 1. The van der Waals surface area contributed by atoms with Crippen LogP contribution in [0.2, 0.25) is 0 Å². The summed E-state index contributed by atoms with van der Waals surface area (Å²) in [6, 6.07) is 0.368. The first-order valence-electron chi connectivity index (χ1n) is 10.9. The molecule has 7 nitrogen and oxygen atoms in total. The summed E-state index contributed by atoms with van der Waals surface area (Å²) in [4.78, 5) is 17.5. The molecule has 0 spiro atoms. The van der Waals surface area contributed by atoms with E-state index in [0.29, 0.717) is 11.7 Å². The summed E-state index contributed by atoms with van der Waals surface area (Å²) >= 11 is 0. The highest BCUT2D eigenvalue weighted by Gasteiger charge is 2.29. The van der Waals surface area contributed by atoms with Crippen LogP contribution in [0.3, 0.4) is 0 Å². The van der Waals surface area contributed by atoms with Crippen molar-refractivity contribution in [1.29, 1.82) is 0 Å². The summed E-state index contributed by atoms with van der Waals surface area (Å²) in [6.07, 6.45) is 9.09.